The molecule has 0 N–H and O–H groups in total. The summed E-state index contributed by atoms with van der Waals surface area (Å²) in [5.74, 6) is 0.641. The molecule has 1 aliphatic heterocycles. The predicted octanol–water partition coefficient (Wildman–Crippen LogP) is 1.36. The van der Waals surface area contributed by atoms with Gasteiger partial charge >= 0.3 is 0 Å². The molecule has 1 heterocycles. The third-order valence-corrected chi connectivity index (χ3v) is 1.95. The Labute approximate surface area is 61.8 Å². The Morgan fingerprint density at radius 1 is 1.80 bits per heavy atom. The van der Waals surface area contributed by atoms with Gasteiger partial charge in [-0.25, -0.2) is 0 Å². The quantitative estimate of drug-likeness (QED) is 0.402. The minimum absolute atomic E-state index is 0.292. The fourth-order valence-electron chi connectivity index (χ4n) is 1.42. The van der Waals surface area contributed by atoms with Crippen LogP contribution in [-0.2, 0) is 0 Å². The first kappa shape index (κ1) is 7.14. The summed E-state index contributed by atoms with van der Waals surface area (Å²) in [5.41, 5.74) is 0. The zero-order chi connectivity index (χ0) is 7.56. The molecule has 0 radical (unpaired) electrons. The molecular formula is C8H12N2. The van der Waals surface area contributed by atoms with E-state index in [-0.39, 0.29) is 0 Å². The lowest BCUT2D eigenvalue weighted by molar-refractivity contribution is 0.412. The highest BCUT2D eigenvalue weighted by Crippen LogP contribution is 2.21. The number of likely N-dealkylation sites (tertiary alicyclic amines) is 1. The molecule has 0 aromatic heterocycles. The molecule has 2 heteroatoms. The zero-order valence-corrected chi connectivity index (χ0v) is 6.25. The van der Waals surface area contributed by atoms with Crippen molar-refractivity contribution in [1.29, 1.82) is 5.26 Å². The molecule has 10 heavy (non-hydrogen) atoms. The van der Waals surface area contributed by atoms with Gasteiger partial charge in [0.25, 0.3) is 0 Å². The molecule has 0 amide bonds. The zero-order valence-electron chi connectivity index (χ0n) is 6.25. The van der Waals surface area contributed by atoms with Crippen molar-refractivity contribution < 1.29 is 0 Å². The predicted molar refractivity (Wildman–Crippen MR) is 40.1 cm³/mol. The van der Waals surface area contributed by atoms with Crippen LogP contribution in [0.3, 0.4) is 0 Å². The van der Waals surface area contributed by atoms with Gasteiger partial charge in [0.2, 0.25) is 0 Å². The fourth-order valence-corrected chi connectivity index (χ4v) is 1.42. The van der Waals surface area contributed by atoms with Crippen LogP contribution in [0.5, 0.6) is 0 Å². The molecule has 1 aliphatic rings. The Balaban J connectivity index is 2.59. The molecule has 1 rings (SSSR count). The van der Waals surface area contributed by atoms with Crippen molar-refractivity contribution in [3.8, 4) is 6.19 Å². The summed E-state index contributed by atoms with van der Waals surface area (Å²) >= 11 is 0. The largest absolute Gasteiger partial charge is 0.304 e. The molecule has 54 valence electrons. The number of rotatable bonds is 1. The average molecular weight is 136 g/mol. The van der Waals surface area contributed by atoms with Crippen LogP contribution in [0.25, 0.3) is 0 Å². The van der Waals surface area contributed by atoms with Crippen LogP contribution in [-0.4, -0.2) is 17.5 Å². The van der Waals surface area contributed by atoms with Crippen molar-refractivity contribution in [3.05, 3.63) is 12.7 Å². The molecule has 0 saturated carbocycles. The SMILES string of the molecule is C=C[C@@H]1C[C@@H](C)CN1C#N. The van der Waals surface area contributed by atoms with Crippen molar-refractivity contribution in [2.24, 2.45) is 5.92 Å². The summed E-state index contributed by atoms with van der Waals surface area (Å²) in [6.07, 6.45) is 5.09. The second-order valence-corrected chi connectivity index (χ2v) is 2.90. The van der Waals surface area contributed by atoms with E-state index in [1.165, 1.54) is 0 Å². The van der Waals surface area contributed by atoms with Crippen molar-refractivity contribution in [2.45, 2.75) is 19.4 Å². The molecule has 0 aliphatic carbocycles. The summed E-state index contributed by atoms with van der Waals surface area (Å²) < 4.78 is 0. The highest BCUT2D eigenvalue weighted by Gasteiger charge is 2.25. The molecule has 1 saturated heterocycles. The highest BCUT2D eigenvalue weighted by atomic mass is 15.2. The Kier molecular flexibility index (Phi) is 1.96. The van der Waals surface area contributed by atoms with Gasteiger partial charge in [0.05, 0.1) is 6.04 Å². The van der Waals surface area contributed by atoms with E-state index in [4.69, 9.17) is 5.26 Å². The van der Waals surface area contributed by atoms with E-state index in [0.717, 1.165) is 13.0 Å². The van der Waals surface area contributed by atoms with Crippen LogP contribution in [0.2, 0.25) is 0 Å². The number of hydrogen-bond acceptors (Lipinski definition) is 2. The van der Waals surface area contributed by atoms with E-state index >= 15 is 0 Å². The van der Waals surface area contributed by atoms with Crippen molar-refractivity contribution in [1.82, 2.24) is 4.90 Å². The van der Waals surface area contributed by atoms with Gasteiger partial charge in [-0.2, -0.15) is 5.26 Å². The first-order valence-electron chi connectivity index (χ1n) is 3.57. The first-order chi connectivity index (χ1) is 4.77. The van der Waals surface area contributed by atoms with E-state index < -0.39 is 0 Å². The summed E-state index contributed by atoms with van der Waals surface area (Å²) in [4.78, 5) is 1.79. The molecule has 2 nitrogen and oxygen atoms in total. The summed E-state index contributed by atoms with van der Waals surface area (Å²) in [5, 5.41) is 8.61. The highest BCUT2D eigenvalue weighted by molar-refractivity contribution is 4.99. The maximum atomic E-state index is 8.61. The van der Waals surface area contributed by atoms with Gasteiger partial charge in [-0.15, -0.1) is 6.58 Å². The van der Waals surface area contributed by atoms with Gasteiger partial charge in [0, 0.05) is 6.54 Å². The van der Waals surface area contributed by atoms with Crippen LogP contribution in [0.1, 0.15) is 13.3 Å². The van der Waals surface area contributed by atoms with E-state index in [9.17, 15) is 0 Å². The Morgan fingerprint density at radius 2 is 2.50 bits per heavy atom. The Bertz CT molecular complexity index is 169. The lowest BCUT2D eigenvalue weighted by Gasteiger charge is -2.12. The van der Waals surface area contributed by atoms with Gasteiger partial charge < -0.3 is 4.90 Å². The lowest BCUT2D eigenvalue weighted by Crippen LogP contribution is -2.21. The first-order valence-corrected chi connectivity index (χ1v) is 3.57. The minimum Gasteiger partial charge on any atom is -0.304 e. The minimum atomic E-state index is 0.292. The molecule has 1 fully saturated rings. The number of hydrogen-bond donors (Lipinski definition) is 0. The van der Waals surface area contributed by atoms with Crippen LogP contribution in [0.15, 0.2) is 12.7 Å². The summed E-state index contributed by atoms with van der Waals surface area (Å²) in [6.45, 7) is 6.74. The van der Waals surface area contributed by atoms with Crippen molar-refractivity contribution >= 4 is 0 Å². The second-order valence-electron chi connectivity index (χ2n) is 2.90. The summed E-state index contributed by atoms with van der Waals surface area (Å²) in [6, 6.07) is 0.292. The van der Waals surface area contributed by atoms with Gasteiger partial charge in [-0.1, -0.05) is 13.0 Å². The molecule has 0 unspecified atom stereocenters. The topological polar surface area (TPSA) is 27.0 Å². The average Bonchev–Trinajstić information content (AvgIpc) is 2.30. The van der Waals surface area contributed by atoms with Gasteiger partial charge in [0.1, 0.15) is 0 Å². The molecule has 2 atom stereocenters. The van der Waals surface area contributed by atoms with Crippen molar-refractivity contribution in [2.75, 3.05) is 6.54 Å². The van der Waals surface area contributed by atoms with E-state index in [0.29, 0.717) is 12.0 Å². The third-order valence-electron chi connectivity index (χ3n) is 1.95. The molecule has 0 aromatic carbocycles. The van der Waals surface area contributed by atoms with Crippen molar-refractivity contribution in [3.63, 3.8) is 0 Å². The standard InChI is InChI=1S/C8H12N2/c1-3-8-4-7(2)5-10(8)6-9/h3,7-8H,1,4-5H2,2H3/t7-,8-/m1/s1. The molecule has 0 aromatic rings. The monoisotopic (exact) mass is 136 g/mol. The maximum absolute atomic E-state index is 8.61. The summed E-state index contributed by atoms with van der Waals surface area (Å²) in [7, 11) is 0. The maximum Gasteiger partial charge on any atom is 0.179 e. The van der Waals surface area contributed by atoms with Gasteiger partial charge in [-0.05, 0) is 12.3 Å². The van der Waals surface area contributed by atoms with Gasteiger partial charge in [-0.3, -0.25) is 0 Å². The Morgan fingerprint density at radius 3 is 2.90 bits per heavy atom. The van der Waals surface area contributed by atoms with E-state index in [1.807, 2.05) is 6.08 Å². The van der Waals surface area contributed by atoms with E-state index in [1.54, 1.807) is 4.90 Å². The molecular weight excluding hydrogens is 124 g/mol. The van der Waals surface area contributed by atoms with E-state index in [2.05, 4.69) is 19.7 Å². The molecule has 0 bridgehead atoms. The van der Waals surface area contributed by atoms with Crippen LogP contribution < -0.4 is 0 Å². The second kappa shape index (κ2) is 2.74. The number of nitrogens with zero attached hydrogens (tertiary/aromatic N) is 2. The Hall–Kier alpha value is -0.970. The number of nitriles is 1. The third kappa shape index (κ3) is 1.13. The normalized spacial score (nSPS) is 31.8. The van der Waals surface area contributed by atoms with Crippen LogP contribution in [0.4, 0.5) is 0 Å². The van der Waals surface area contributed by atoms with Crippen LogP contribution >= 0.6 is 0 Å². The lowest BCUT2D eigenvalue weighted by atomic mass is 10.1. The van der Waals surface area contributed by atoms with Gasteiger partial charge in [0.15, 0.2) is 6.19 Å². The molecule has 0 spiro atoms. The smallest absolute Gasteiger partial charge is 0.179 e. The fraction of sp³-hybridized carbons (Fsp3) is 0.625. The van der Waals surface area contributed by atoms with Crippen LogP contribution in [0, 0.1) is 17.4 Å².